The van der Waals surface area contributed by atoms with Crippen LogP contribution in [0.2, 0.25) is 0 Å². The highest BCUT2D eigenvalue weighted by Crippen LogP contribution is 2.06. The number of nitrogen functional groups attached to an aromatic ring is 1. The van der Waals surface area contributed by atoms with Crippen LogP contribution in [0.1, 0.15) is 23.7 Å². The molecule has 1 heterocycles. The van der Waals surface area contributed by atoms with Gasteiger partial charge in [-0.1, -0.05) is 6.92 Å². The maximum atomic E-state index is 9.41. The largest absolute Gasteiger partial charge is 0.378 e. The van der Waals surface area contributed by atoms with Gasteiger partial charge in [-0.25, -0.2) is 0 Å². The molecule has 0 saturated carbocycles. The third-order valence-corrected chi connectivity index (χ3v) is 2.04. The Labute approximate surface area is 77.1 Å². The van der Waals surface area contributed by atoms with E-state index in [0.29, 0.717) is 5.69 Å². The van der Waals surface area contributed by atoms with Crippen molar-refractivity contribution in [3.05, 3.63) is 29.1 Å². The number of aromatic nitrogens is 1. The summed E-state index contributed by atoms with van der Waals surface area (Å²) in [6.07, 6.45) is 2.44. The molecule has 1 rings (SSSR count). The molecule has 0 atom stereocenters. The number of hydrogen-bond acceptors (Lipinski definition) is 2. The SMILES string of the molecule is CCc1c[n+](O)c(C(=N)N)cc1C. The van der Waals surface area contributed by atoms with Gasteiger partial charge in [0.05, 0.1) is 0 Å². The van der Waals surface area contributed by atoms with Gasteiger partial charge in [-0.3, -0.25) is 10.6 Å². The third kappa shape index (κ3) is 1.77. The van der Waals surface area contributed by atoms with Gasteiger partial charge in [0.1, 0.15) is 0 Å². The second kappa shape index (κ2) is 3.43. The van der Waals surface area contributed by atoms with Crippen molar-refractivity contribution in [2.24, 2.45) is 5.73 Å². The fourth-order valence-corrected chi connectivity index (χ4v) is 1.25. The van der Waals surface area contributed by atoms with Gasteiger partial charge in [0.15, 0.2) is 5.84 Å². The number of nitrogens with one attached hydrogen (secondary N) is 1. The molecule has 0 spiro atoms. The zero-order chi connectivity index (χ0) is 10.0. The van der Waals surface area contributed by atoms with Crippen molar-refractivity contribution in [1.29, 1.82) is 5.41 Å². The Hall–Kier alpha value is -1.58. The summed E-state index contributed by atoms with van der Waals surface area (Å²) in [7, 11) is 0. The summed E-state index contributed by atoms with van der Waals surface area (Å²) in [5.74, 6) is -0.131. The first-order valence-electron chi connectivity index (χ1n) is 4.15. The lowest BCUT2D eigenvalue weighted by Crippen LogP contribution is -2.40. The second-order valence-electron chi connectivity index (χ2n) is 2.98. The number of pyridine rings is 1. The first kappa shape index (κ1) is 9.51. The van der Waals surface area contributed by atoms with E-state index in [9.17, 15) is 5.21 Å². The zero-order valence-corrected chi connectivity index (χ0v) is 7.83. The van der Waals surface area contributed by atoms with Crippen LogP contribution in [0.15, 0.2) is 12.3 Å². The molecule has 0 radical (unpaired) electrons. The minimum Gasteiger partial charge on any atom is -0.378 e. The van der Waals surface area contributed by atoms with Crippen molar-refractivity contribution in [2.75, 3.05) is 0 Å². The van der Waals surface area contributed by atoms with Crippen LogP contribution < -0.4 is 10.5 Å². The Morgan fingerprint density at radius 1 is 1.69 bits per heavy atom. The summed E-state index contributed by atoms with van der Waals surface area (Å²) in [5.41, 5.74) is 7.69. The van der Waals surface area contributed by atoms with E-state index in [1.807, 2.05) is 13.8 Å². The molecule has 0 fully saturated rings. The molecular weight excluding hydrogens is 166 g/mol. The van der Waals surface area contributed by atoms with Crippen LogP contribution in [0.3, 0.4) is 0 Å². The van der Waals surface area contributed by atoms with E-state index in [1.54, 1.807) is 12.3 Å². The molecule has 0 bridgehead atoms. The van der Waals surface area contributed by atoms with Crippen LogP contribution >= 0.6 is 0 Å². The minimum atomic E-state index is -0.131. The van der Waals surface area contributed by atoms with Crippen LogP contribution in [-0.2, 0) is 6.42 Å². The summed E-state index contributed by atoms with van der Waals surface area (Å²) in [4.78, 5) is 0. The first-order valence-corrected chi connectivity index (χ1v) is 4.15. The van der Waals surface area contributed by atoms with Crippen LogP contribution in [0.25, 0.3) is 0 Å². The van der Waals surface area contributed by atoms with Crippen molar-refractivity contribution in [3.63, 3.8) is 0 Å². The smallest absolute Gasteiger partial charge is 0.298 e. The molecule has 4 nitrogen and oxygen atoms in total. The van der Waals surface area contributed by atoms with Crippen LogP contribution in [-0.4, -0.2) is 11.0 Å². The molecule has 1 aromatic heterocycles. The molecule has 13 heavy (non-hydrogen) atoms. The number of aryl methyl sites for hydroxylation is 2. The standard InChI is InChI=1S/C9H14N3O/c1-3-7-5-12(13)8(9(10)11)4-6(7)2/h4-5,13H,3H2,1-2H3,(H3,10,11)/q+1. The Balaban J connectivity index is 3.28. The van der Waals surface area contributed by atoms with E-state index in [1.165, 1.54) is 0 Å². The maximum absolute atomic E-state index is 9.41. The molecule has 4 heteroatoms. The zero-order valence-electron chi connectivity index (χ0n) is 7.83. The quantitative estimate of drug-likeness (QED) is 0.266. The number of amidine groups is 1. The van der Waals surface area contributed by atoms with Crippen LogP contribution in [0.4, 0.5) is 0 Å². The van der Waals surface area contributed by atoms with Crippen molar-refractivity contribution < 1.29 is 9.94 Å². The average Bonchev–Trinajstić information content (AvgIpc) is 2.07. The lowest BCUT2D eigenvalue weighted by molar-refractivity contribution is -0.905. The molecule has 0 aliphatic heterocycles. The van der Waals surface area contributed by atoms with Crippen molar-refractivity contribution in [3.8, 4) is 0 Å². The maximum Gasteiger partial charge on any atom is 0.298 e. The van der Waals surface area contributed by atoms with Gasteiger partial charge < -0.3 is 5.73 Å². The van der Waals surface area contributed by atoms with E-state index in [4.69, 9.17) is 11.1 Å². The Kier molecular flexibility index (Phi) is 2.51. The highest BCUT2D eigenvalue weighted by molar-refractivity contribution is 5.91. The third-order valence-electron chi connectivity index (χ3n) is 2.04. The predicted octanol–water partition coefficient (Wildman–Crippen LogP) is 0.366. The van der Waals surface area contributed by atoms with Gasteiger partial charge in [-0.2, -0.15) is 0 Å². The highest BCUT2D eigenvalue weighted by atomic mass is 16.5. The molecule has 0 aliphatic rings. The van der Waals surface area contributed by atoms with Gasteiger partial charge in [-0.15, -0.1) is 0 Å². The summed E-state index contributed by atoms with van der Waals surface area (Å²) < 4.78 is 0.897. The highest BCUT2D eigenvalue weighted by Gasteiger charge is 2.15. The molecular formula is C9H14N3O+. The lowest BCUT2D eigenvalue weighted by Gasteiger charge is -2.01. The van der Waals surface area contributed by atoms with Gasteiger partial charge in [0.25, 0.3) is 5.69 Å². The summed E-state index contributed by atoms with van der Waals surface area (Å²) in [5, 5.41) is 16.6. The van der Waals surface area contributed by atoms with E-state index >= 15 is 0 Å². The van der Waals surface area contributed by atoms with Crippen molar-refractivity contribution in [1.82, 2.24) is 0 Å². The van der Waals surface area contributed by atoms with E-state index < -0.39 is 0 Å². The van der Waals surface area contributed by atoms with Crippen molar-refractivity contribution >= 4 is 5.84 Å². The number of nitrogens with zero attached hydrogens (tertiary/aromatic N) is 1. The average molecular weight is 180 g/mol. The van der Waals surface area contributed by atoms with Crippen LogP contribution in [0.5, 0.6) is 0 Å². The molecule has 1 aromatic rings. The van der Waals surface area contributed by atoms with E-state index in [-0.39, 0.29) is 5.84 Å². The Morgan fingerprint density at radius 3 is 2.77 bits per heavy atom. The molecule has 0 aliphatic carbocycles. The minimum absolute atomic E-state index is 0.131. The molecule has 70 valence electrons. The van der Waals surface area contributed by atoms with Gasteiger partial charge in [-0.05, 0) is 18.9 Å². The first-order chi connectivity index (χ1) is 6.06. The van der Waals surface area contributed by atoms with E-state index in [2.05, 4.69) is 0 Å². The van der Waals surface area contributed by atoms with Gasteiger partial charge in [0, 0.05) is 16.4 Å². The fourth-order valence-electron chi connectivity index (χ4n) is 1.25. The van der Waals surface area contributed by atoms with Gasteiger partial charge in [0.2, 0.25) is 6.20 Å². The molecule has 0 saturated heterocycles. The second-order valence-corrected chi connectivity index (χ2v) is 2.98. The number of nitrogens with two attached hydrogens (primary N) is 1. The summed E-state index contributed by atoms with van der Waals surface area (Å²) in [6, 6.07) is 1.71. The lowest BCUT2D eigenvalue weighted by atomic mass is 10.1. The number of rotatable bonds is 2. The summed E-state index contributed by atoms with van der Waals surface area (Å²) in [6.45, 7) is 3.95. The fraction of sp³-hybridized carbons (Fsp3) is 0.333. The molecule has 0 aromatic carbocycles. The Morgan fingerprint density at radius 2 is 2.31 bits per heavy atom. The molecule has 0 unspecified atom stereocenters. The predicted molar refractivity (Wildman–Crippen MR) is 49.0 cm³/mol. The van der Waals surface area contributed by atoms with Gasteiger partial charge >= 0.3 is 0 Å². The van der Waals surface area contributed by atoms with Crippen molar-refractivity contribution in [2.45, 2.75) is 20.3 Å². The molecule has 4 N–H and O–H groups in total. The molecule has 0 amide bonds. The normalized spacial score (nSPS) is 10.0. The van der Waals surface area contributed by atoms with Crippen LogP contribution in [0, 0.1) is 12.3 Å². The number of hydrogen-bond donors (Lipinski definition) is 3. The van der Waals surface area contributed by atoms with E-state index in [0.717, 1.165) is 22.3 Å². The summed E-state index contributed by atoms with van der Waals surface area (Å²) >= 11 is 0. The monoisotopic (exact) mass is 180 g/mol. The Bertz CT molecular complexity index is 347. The topological polar surface area (TPSA) is 74.0 Å².